The first-order valence-corrected chi connectivity index (χ1v) is 13.8. The summed E-state index contributed by atoms with van der Waals surface area (Å²) in [6.45, 7) is 17.9. The molecule has 3 radical (unpaired) electrons. The predicted molar refractivity (Wildman–Crippen MR) is 156 cm³/mol. The van der Waals surface area contributed by atoms with Gasteiger partial charge >= 0.3 is 222 Å². The van der Waals surface area contributed by atoms with Crippen molar-refractivity contribution in [3.05, 3.63) is 88.0 Å². The molecule has 0 aliphatic heterocycles. The van der Waals surface area contributed by atoms with Gasteiger partial charge in [-0.15, -0.1) is 0 Å². The molecule has 0 N–H and O–H groups in total. The molecular formula is C32H39GeN2. The SMILES string of the molecule is CC(C)c1cccc(C(C)C)c1N=Cc1cccc(C=Nc2c(C(C)C)cccc2C(C)C)[c]1[Ge]. The monoisotopic (exact) mass is 525 g/mol. The summed E-state index contributed by atoms with van der Waals surface area (Å²) in [5, 5.41) is 0. The van der Waals surface area contributed by atoms with Gasteiger partial charge in [-0.1, -0.05) is 0 Å². The fourth-order valence-corrected chi connectivity index (χ4v) is 5.01. The summed E-state index contributed by atoms with van der Waals surface area (Å²) >= 11 is 2.16. The zero-order valence-corrected chi connectivity index (χ0v) is 24.7. The molecule has 2 nitrogen and oxygen atoms in total. The molecule has 0 amide bonds. The van der Waals surface area contributed by atoms with E-state index in [2.05, 4.69) is 127 Å². The molecule has 3 aromatic carbocycles. The summed E-state index contributed by atoms with van der Waals surface area (Å²) in [6.07, 6.45) is 4.06. The number of hydrogen-bond acceptors (Lipinski definition) is 2. The van der Waals surface area contributed by atoms with Gasteiger partial charge in [-0.05, 0) is 0 Å². The van der Waals surface area contributed by atoms with Crippen LogP contribution in [0.15, 0.2) is 64.6 Å². The minimum absolute atomic E-state index is 0.427. The molecule has 0 bridgehead atoms. The summed E-state index contributed by atoms with van der Waals surface area (Å²) in [5.41, 5.74) is 9.69. The zero-order valence-electron chi connectivity index (χ0n) is 22.6. The number of nitrogens with zero attached hydrogens (tertiary/aromatic N) is 2. The third kappa shape index (κ3) is 6.41. The fourth-order valence-electron chi connectivity index (χ4n) is 4.39. The zero-order chi connectivity index (χ0) is 25.7. The standard InChI is InChI=1S/C32H39GeN2/c1-20(2)26-14-10-15-27(21(3)4)31(26)34-18-24-12-9-13-25(30(24)33)19-35-32-28(22(5)6)16-11-17-29(32)23(7)8/h9-23H,1-8H3. The Morgan fingerprint density at radius 3 is 1.09 bits per heavy atom. The van der Waals surface area contributed by atoms with Crippen molar-refractivity contribution >= 4 is 44.7 Å². The van der Waals surface area contributed by atoms with E-state index in [1.807, 2.05) is 12.4 Å². The van der Waals surface area contributed by atoms with Crippen molar-refractivity contribution in [1.29, 1.82) is 0 Å². The van der Waals surface area contributed by atoms with Gasteiger partial charge in [0.25, 0.3) is 0 Å². The average molecular weight is 524 g/mol. The Hall–Kier alpha value is -2.46. The van der Waals surface area contributed by atoms with Gasteiger partial charge < -0.3 is 0 Å². The van der Waals surface area contributed by atoms with Gasteiger partial charge in [0.1, 0.15) is 0 Å². The number of rotatable bonds is 8. The van der Waals surface area contributed by atoms with E-state index in [-0.39, 0.29) is 0 Å². The van der Waals surface area contributed by atoms with Crippen molar-refractivity contribution in [2.75, 3.05) is 0 Å². The Bertz CT molecular complexity index is 1070. The van der Waals surface area contributed by atoms with Gasteiger partial charge in [0.05, 0.1) is 0 Å². The number of aliphatic imine (C=N–C) groups is 2. The van der Waals surface area contributed by atoms with Crippen molar-refractivity contribution in [3.8, 4) is 0 Å². The molecule has 0 heterocycles. The Kier molecular flexibility index (Phi) is 9.29. The van der Waals surface area contributed by atoms with Crippen LogP contribution in [0.1, 0.15) is 112 Å². The molecule has 0 saturated carbocycles. The van der Waals surface area contributed by atoms with Crippen LogP contribution in [-0.2, 0) is 0 Å². The summed E-state index contributed by atoms with van der Waals surface area (Å²) in [4.78, 5) is 10.1. The fraction of sp³-hybridized carbons (Fsp3) is 0.375. The summed E-state index contributed by atoms with van der Waals surface area (Å²) in [7, 11) is 0. The van der Waals surface area contributed by atoms with Crippen LogP contribution in [0.4, 0.5) is 11.4 Å². The number of para-hydroxylation sites is 2. The quantitative estimate of drug-likeness (QED) is 0.209. The Morgan fingerprint density at radius 2 is 0.800 bits per heavy atom. The van der Waals surface area contributed by atoms with E-state index in [9.17, 15) is 0 Å². The maximum atomic E-state index is 5.04. The predicted octanol–water partition coefficient (Wildman–Crippen LogP) is 8.48. The van der Waals surface area contributed by atoms with Gasteiger partial charge in [0.2, 0.25) is 0 Å². The van der Waals surface area contributed by atoms with E-state index < -0.39 is 0 Å². The van der Waals surface area contributed by atoms with E-state index in [1.165, 1.54) is 26.6 Å². The van der Waals surface area contributed by atoms with E-state index in [0.717, 1.165) is 22.5 Å². The van der Waals surface area contributed by atoms with Crippen LogP contribution in [0.25, 0.3) is 0 Å². The van der Waals surface area contributed by atoms with Gasteiger partial charge in [0, 0.05) is 0 Å². The average Bonchev–Trinajstić information content (AvgIpc) is 2.81. The molecule has 181 valence electrons. The third-order valence-electron chi connectivity index (χ3n) is 6.48. The van der Waals surface area contributed by atoms with Crippen molar-refractivity contribution in [2.24, 2.45) is 9.98 Å². The maximum absolute atomic E-state index is 5.04. The molecular weight excluding hydrogens is 485 g/mol. The van der Waals surface area contributed by atoms with Crippen LogP contribution in [0, 0.1) is 0 Å². The van der Waals surface area contributed by atoms with Crippen LogP contribution in [-0.4, -0.2) is 28.9 Å². The second-order valence-corrected chi connectivity index (χ2v) is 11.6. The summed E-state index contributed by atoms with van der Waals surface area (Å²) in [6, 6.07) is 19.5. The van der Waals surface area contributed by atoms with Crippen molar-refractivity contribution in [1.82, 2.24) is 0 Å². The molecule has 0 aliphatic carbocycles. The Balaban J connectivity index is 2.03. The third-order valence-corrected chi connectivity index (χ3v) is 7.69. The van der Waals surface area contributed by atoms with E-state index in [1.54, 1.807) is 0 Å². The van der Waals surface area contributed by atoms with Crippen LogP contribution in [0.3, 0.4) is 0 Å². The first-order chi connectivity index (χ1) is 16.6. The topological polar surface area (TPSA) is 24.7 Å². The van der Waals surface area contributed by atoms with Crippen LogP contribution < -0.4 is 4.40 Å². The first-order valence-electron chi connectivity index (χ1n) is 12.8. The number of benzene rings is 3. The molecule has 3 aromatic rings. The second kappa shape index (κ2) is 12.0. The Morgan fingerprint density at radius 1 is 0.514 bits per heavy atom. The van der Waals surface area contributed by atoms with Gasteiger partial charge in [-0.3, -0.25) is 0 Å². The van der Waals surface area contributed by atoms with Crippen molar-refractivity contribution in [2.45, 2.75) is 79.1 Å². The van der Waals surface area contributed by atoms with Gasteiger partial charge in [-0.25, -0.2) is 0 Å². The Labute approximate surface area is 221 Å². The molecule has 0 saturated heterocycles. The minimum atomic E-state index is 0.427. The molecule has 0 unspecified atom stereocenters. The summed E-state index contributed by atoms with van der Waals surface area (Å²) in [5.74, 6) is 1.71. The van der Waals surface area contributed by atoms with Crippen LogP contribution in [0.2, 0.25) is 0 Å². The van der Waals surface area contributed by atoms with Gasteiger partial charge in [-0.2, -0.15) is 0 Å². The molecule has 0 aromatic heterocycles. The molecule has 35 heavy (non-hydrogen) atoms. The summed E-state index contributed by atoms with van der Waals surface area (Å²) < 4.78 is 1.20. The molecule has 0 fully saturated rings. The normalized spacial score (nSPS) is 12.4. The second-order valence-electron chi connectivity index (χ2n) is 10.5. The molecule has 0 spiro atoms. The van der Waals surface area contributed by atoms with Crippen molar-refractivity contribution in [3.63, 3.8) is 0 Å². The van der Waals surface area contributed by atoms with Crippen LogP contribution in [0.5, 0.6) is 0 Å². The van der Waals surface area contributed by atoms with E-state index in [4.69, 9.17) is 9.98 Å². The van der Waals surface area contributed by atoms with E-state index >= 15 is 0 Å². The van der Waals surface area contributed by atoms with Crippen molar-refractivity contribution < 1.29 is 0 Å². The van der Waals surface area contributed by atoms with E-state index in [0.29, 0.717) is 23.7 Å². The van der Waals surface area contributed by atoms with Gasteiger partial charge in [0.15, 0.2) is 0 Å². The molecule has 0 aliphatic rings. The molecule has 3 rings (SSSR count). The first kappa shape index (κ1) is 27.1. The van der Waals surface area contributed by atoms with Crippen LogP contribution >= 0.6 is 0 Å². The molecule has 0 atom stereocenters. The number of hydrogen-bond donors (Lipinski definition) is 0. The molecule has 3 heteroatoms.